The Morgan fingerprint density at radius 3 is 2.54 bits per heavy atom. The molecule has 3 rings (SSSR count). The second kappa shape index (κ2) is 9.01. The standard InChI is InChI=1S/C16H23N3O5S.ClH/c20-15-2-1-13(25(22,23)19-7-9-24-10-8-19)11-14(15)18-16(21)12-3-5-17-6-4-12;/h1-2,11-12,17,20H,3-10H2,(H,18,21);1H. The van der Waals surface area contributed by atoms with Crippen LogP contribution in [0.2, 0.25) is 0 Å². The minimum atomic E-state index is -3.68. The number of phenols is 1. The summed E-state index contributed by atoms with van der Waals surface area (Å²) < 4.78 is 31.9. The number of amides is 1. The number of piperidine rings is 1. The number of carbonyl (C=O) groups excluding carboxylic acids is 1. The predicted molar refractivity (Wildman–Crippen MR) is 99.2 cm³/mol. The van der Waals surface area contributed by atoms with Crippen LogP contribution in [0.1, 0.15) is 12.8 Å². The van der Waals surface area contributed by atoms with Crippen LogP contribution in [0.4, 0.5) is 5.69 Å². The second-order valence-corrected chi connectivity index (χ2v) is 8.15. The van der Waals surface area contributed by atoms with Gasteiger partial charge < -0.3 is 20.5 Å². The molecule has 2 heterocycles. The average molecular weight is 406 g/mol. The molecule has 2 fully saturated rings. The number of benzene rings is 1. The number of ether oxygens (including phenoxy) is 1. The molecule has 146 valence electrons. The van der Waals surface area contributed by atoms with Crippen LogP contribution in [-0.2, 0) is 19.6 Å². The van der Waals surface area contributed by atoms with E-state index in [0.29, 0.717) is 26.3 Å². The summed E-state index contributed by atoms with van der Waals surface area (Å²) in [6.45, 7) is 2.85. The largest absolute Gasteiger partial charge is 0.506 e. The van der Waals surface area contributed by atoms with Crippen molar-refractivity contribution in [3.63, 3.8) is 0 Å². The summed E-state index contributed by atoms with van der Waals surface area (Å²) in [6, 6.07) is 3.96. The summed E-state index contributed by atoms with van der Waals surface area (Å²) in [5.74, 6) is -0.485. The fraction of sp³-hybridized carbons (Fsp3) is 0.562. The Hall–Kier alpha value is -1.39. The van der Waals surface area contributed by atoms with Gasteiger partial charge in [0.05, 0.1) is 23.8 Å². The first-order valence-corrected chi connectivity index (χ1v) is 9.85. The molecule has 8 nitrogen and oxygen atoms in total. The van der Waals surface area contributed by atoms with E-state index in [1.54, 1.807) is 0 Å². The number of hydrogen-bond donors (Lipinski definition) is 3. The van der Waals surface area contributed by atoms with Gasteiger partial charge in [-0.3, -0.25) is 4.79 Å². The maximum atomic E-state index is 12.7. The van der Waals surface area contributed by atoms with Crippen molar-refractivity contribution in [2.75, 3.05) is 44.7 Å². The molecule has 3 N–H and O–H groups in total. The summed E-state index contributed by atoms with van der Waals surface area (Å²) >= 11 is 0. The van der Waals surface area contributed by atoms with Gasteiger partial charge in [-0.25, -0.2) is 8.42 Å². The van der Waals surface area contributed by atoms with E-state index in [9.17, 15) is 18.3 Å². The third-order valence-electron chi connectivity index (χ3n) is 4.54. The van der Waals surface area contributed by atoms with E-state index < -0.39 is 10.0 Å². The minimum Gasteiger partial charge on any atom is -0.506 e. The smallest absolute Gasteiger partial charge is 0.243 e. The zero-order valence-corrected chi connectivity index (χ0v) is 15.9. The number of hydrogen-bond acceptors (Lipinski definition) is 6. The minimum absolute atomic E-state index is 0. The van der Waals surface area contributed by atoms with E-state index >= 15 is 0 Å². The lowest BCUT2D eigenvalue weighted by Crippen LogP contribution is -2.40. The number of morpholine rings is 1. The monoisotopic (exact) mass is 405 g/mol. The van der Waals surface area contributed by atoms with Gasteiger partial charge in [0.15, 0.2) is 0 Å². The zero-order valence-electron chi connectivity index (χ0n) is 14.3. The van der Waals surface area contributed by atoms with Gasteiger partial charge in [0.1, 0.15) is 5.75 Å². The SMILES string of the molecule is Cl.O=C(Nc1cc(S(=O)(=O)N2CCOCC2)ccc1O)C1CCNCC1. The third-order valence-corrected chi connectivity index (χ3v) is 6.44. The van der Waals surface area contributed by atoms with Crippen molar-refractivity contribution in [3.8, 4) is 5.75 Å². The highest BCUT2D eigenvalue weighted by molar-refractivity contribution is 7.89. The maximum absolute atomic E-state index is 12.7. The van der Waals surface area contributed by atoms with Gasteiger partial charge in [-0.2, -0.15) is 4.31 Å². The van der Waals surface area contributed by atoms with Crippen molar-refractivity contribution >= 4 is 34.0 Å². The van der Waals surface area contributed by atoms with Crippen LogP contribution in [0.3, 0.4) is 0 Å². The molecule has 0 atom stereocenters. The zero-order chi connectivity index (χ0) is 17.9. The number of nitrogens with one attached hydrogen (secondary N) is 2. The number of anilines is 1. The molecule has 0 aromatic heterocycles. The molecule has 0 aliphatic carbocycles. The van der Waals surface area contributed by atoms with Crippen molar-refractivity contribution in [3.05, 3.63) is 18.2 Å². The Morgan fingerprint density at radius 1 is 1.23 bits per heavy atom. The Kier molecular flexibility index (Phi) is 7.24. The molecule has 1 aromatic carbocycles. The quantitative estimate of drug-likeness (QED) is 0.639. The Labute approximate surface area is 159 Å². The summed E-state index contributed by atoms with van der Waals surface area (Å²) in [6.07, 6.45) is 1.44. The molecule has 1 amide bonds. The number of nitrogens with zero attached hydrogens (tertiary/aromatic N) is 1. The normalized spacial score (nSPS) is 19.5. The summed E-state index contributed by atoms with van der Waals surface area (Å²) in [5.41, 5.74) is 0.123. The molecule has 0 saturated carbocycles. The summed E-state index contributed by atoms with van der Waals surface area (Å²) in [4.78, 5) is 12.4. The molecule has 0 spiro atoms. The van der Waals surface area contributed by atoms with E-state index in [4.69, 9.17) is 4.74 Å². The lowest BCUT2D eigenvalue weighted by atomic mass is 9.97. The van der Waals surface area contributed by atoms with Crippen molar-refractivity contribution in [1.82, 2.24) is 9.62 Å². The second-order valence-electron chi connectivity index (χ2n) is 6.21. The fourth-order valence-electron chi connectivity index (χ4n) is 3.03. The van der Waals surface area contributed by atoms with E-state index in [2.05, 4.69) is 10.6 Å². The first-order chi connectivity index (χ1) is 12.0. The van der Waals surface area contributed by atoms with Crippen molar-refractivity contribution in [1.29, 1.82) is 0 Å². The Bertz CT molecular complexity index is 731. The number of aromatic hydroxyl groups is 1. The predicted octanol–water partition coefficient (Wildman–Crippen LogP) is 0.773. The maximum Gasteiger partial charge on any atom is 0.243 e. The molecule has 1 aromatic rings. The molecule has 2 saturated heterocycles. The van der Waals surface area contributed by atoms with E-state index in [0.717, 1.165) is 25.9 Å². The van der Waals surface area contributed by atoms with Crippen LogP contribution in [-0.4, -0.2) is 63.1 Å². The summed E-state index contributed by atoms with van der Waals surface area (Å²) in [7, 11) is -3.68. The molecule has 0 radical (unpaired) electrons. The third kappa shape index (κ3) is 4.66. The summed E-state index contributed by atoms with van der Waals surface area (Å²) in [5, 5.41) is 15.9. The van der Waals surface area contributed by atoms with Crippen LogP contribution in [0.5, 0.6) is 5.75 Å². The molecular formula is C16H24ClN3O5S. The number of phenolic OH excluding ortho intramolecular Hbond substituents is 1. The van der Waals surface area contributed by atoms with Crippen LogP contribution >= 0.6 is 12.4 Å². The van der Waals surface area contributed by atoms with Crippen molar-refractivity contribution in [2.45, 2.75) is 17.7 Å². The number of rotatable bonds is 4. The highest BCUT2D eigenvalue weighted by atomic mass is 35.5. The van der Waals surface area contributed by atoms with Crippen LogP contribution in [0.15, 0.2) is 23.1 Å². The Morgan fingerprint density at radius 2 is 1.88 bits per heavy atom. The molecule has 2 aliphatic rings. The van der Waals surface area contributed by atoms with Crippen LogP contribution < -0.4 is 10.6 Å². The van der Waals surface area contributed by atoms with E-state index in [-0.39, 0.29) is 40.6 Å². The number of carbonyl (C=O) groups is 1. The number of sulfonamides is 1. The Balaban J connectivity index is 0.00000243. The molecular weight excluding hydrogens is 382 g/mol. The lowest BCUT2D eigenvalue weighted by Gasteiger charge is -2.26. The average Bonchev–Trinajstić information content (AvgIpc) is 2.64. The van der Waals surface area contributed by atoms with Gasteiger partial charge in [0.2, 0.25) is 15.9 Å². The van der Waals surface area contributed by atoms with Crippen molar-refractivity contribution < 1.29 is 23.1 Å². The van der Waals surface area contributed by atoms with Gasteiger partial charge in [-0.1, -0.05) is 0 Å². The van der Waals surface area contributed by atoms with Gasteiger partial charge in [-0.05, 0) is 44.1 Å². The molecule has 10 heteroatoms. The number of halogens is 1. The first-order valence-electron chi connectivity index (χ1n) is 8.41. The van der Waals surface area contributed by atoms with E-state index in [1.165, 1.54) is 22.5 Å². The molecule has 2 aliphatic heterocycles. The van der Waals surface area contributed by atoms with Crippen LogP contribution in [0, 0.1) is 5.92 Å². The van der Waals surface area contributed by atoms with E-state index in [1.807, 2.05) is 0 Å². The van der Waals surface area contributed by atoms with Gasteiger partial charge in [-0.15, -0.1) is 12.4 Å². The van der Waals surface area contributed by atoms with Gasteiger partial charge in [0, 0.05) is 19.0 Å². The molecule has 0 bridgehead atoms. The van der Waals surface area contributed by atoms with Gasteiger partial charge in [0.25, 0.3) is 0 Å². The van der Waals surface area contributed by atoms with Crippen LogP contribution in [0.25, 0.3) is 0 Å². The molecule has 26 heavy (non-hydrogen) atoms. The highest BCUT2D eigenvalue weighted by Gasteiger charge is 2.28. The topological polar surface area (TPSA) is 108 Å². The first kappa shape index (κ1) is 20.9. The van der Waals surface area contributed by atoms with Crippen molar-refractivity contribution in [2.24, 2.45) is 5.92 Å². The fourth-order valence-corrected chi connectivity index (χ4v) is 4.47. The lowest BCUT2D eigenvalue weighted by molar-refractivity contribution is -0.120. The van der Waals surface area contributed by atoms with Gasteiger partial charge >= 0.3 is 0 Å². The highest BCUT2D eigenvalue weighted by Crippen LogP contribution is 2.29. The molecule has 0 unspecified atom stereocenters.